The second-order valence-corrected chi connectivity index (χ2v) is 9.32. The van der Waals surface area contributed by atoms with Crippen LogP contribution in [0.25, 0.3) is 0 Å². The van der Waals surface area contributed by atoms with Crippen LogP contribution in [0.1, 0.15) is 44.1 Å². The van der Waals surface area contributed by atoms with Crippen LogP contribution >= 0.6 is 24.0 Å². The number of nitrogens with zero attached hydrogens (tertiary/aromatic N) is 3. The van der Waals surface area contributed by atoms with E-state index in [1.165, 1.54) is 25.9 Å². The van der Waals surface area contributed by atoms with E-state index in [2.05, 4.69) is 25.4 Å². The van der Waals surface area contributed by atoms with Crippen molar-refractivity contribution in [1.29, 1.82) is 0 Å². The lowest BCUT2D eigenvalue weighted by atomic mass is 9.88. The molecule has 1 atom stereocenters. The minimum atomic E-state index is -0.169. The molecule has 0 aliphatic carbocycles. The maximum Gasteiger partial charge on any atom is 0.191 e. The third-order valence-corrected chi connectivity index (χ3v) is 7.27. The van der Waals surface area contributed by atoms with Crippen molar-refractivity contribution < 1.29 is 9.13 Å². The van der Waals surface area contributed by atoms with Gasteiger partial charge in [-0.3, -0.25) is 9.89 Å². The second-order valence-electron chi connectivity index (χ2n) is 9.32. The van der Waals surface area contributed by atoms with E-state index in [-0.39, 0.29) is 35.3 Å². The monoisotopic (exact) mass is 559 g/mol. The number of guanidine groups is 1. The Bertz CT molecular complexity index is 765. The molecule has 3 aliphatic rings. The molecule has 0 spiro atoms. The van der Waals surface area contributed by atoms with Crippen LogP contribution in [0.15, 0.2) is 23.2 Å². The van der Waals surface area contributed by atoms with Crippen molar-refractivity contribution in [3.8, 4) is 0 Å². The molecule has 1 unspecified atom stereocenters. The summed E-state index contributed by atoms with van der Waals surface area (Å²) in [6, 6.07) is 5.41. The number of nitrogens with one attached hydrogen (secondary N) is 2. The van der Waals surface area contributed by atoms with E-state index in [9.17, 15) is 4.39 Å². The van der Waals surface area contributed by atoms with Crippen LogP contribution in [-0.2, 0) is 4.74 Å². The summed E-state index contributed by atoms with van der Waals surface area (Å²) in [5, 5.41) is 7.31. The van der Waals surface area contributed by atoms with Crippen molar-refractivity contribution >= 4 is 35.6 Å². The van der Waals surface area contributed by atoms with E-state index >= 15 is 0 Å². The van der Waals surface area contributed by atoms with E-state index in [4.69, 9.17) is 4.74 Å². The van der Waals surface area contributed by atoms with Crippen molar-refractivity contribution in [2.24, 2.45) is 4.99 Å². The molecule has 3 heterocycles. The molecule has 6 nitrogen and oxygen atoms in total. The van der Waals surface area contributed by atoms with Gasteiger partial charge in [0.2, 0.25) is 0 Å². The molecule has 2 N–H and O–H groups in total. The third-order valence-electron chi connectivity index (χ3n) is 7.27. The predicted octanol–water partition coefficient (Wildman–Crippen LogP) is 3.53. The molecule has 3 saturated heterocycles. The number of ether oxygens (including phenoxy) is 1. The van der Waals surface area contributed by atoms with Gasteiger partial charge in [-0.05, 0) is 82.3 Å². The highest BCUT2D eigenvalue weighted by Crippen LogP contribution is 2.31. The van der Waals surface area contributed by atoms with E-state index in [0.717, 1.165) is 75.7 Å². The summed E-state index contributed by atoms with van der Waals surface area (Å²) in [5.74, 6) is 0.713. The van der Waals surface area contributed by atoms with E-state index in [1.807, 2.05) is 20.0 Å². The van der Waals surface area contributed by atoms with Gasteiger partial charge in [0.05, 0.1) is 0 Å². The summed E-state index contributed by atoms with van der Waals surface area (Å²) in [6.45, 7) is 8.89. The van der Waals surface area contributed by atoms with Crippen molar-refractivity contribution in [2.75, 3.05) is 57.9 Å². The normalized spacial score (nSPS) is 24.2. The third kappa shape index (κ3) is 6.05. The first kappa shape index (κ1) is 25.5. The molecule has 0 amide bonds. The van der Waals surface area contributed by atoms with Crippen molar-refractivity contribution in [3.63, 3.8) is 0 Å². The molecule has 1 aromatic carbocycles. The number of anilines is 1. The molecule has 4 rings (SSSR count). The van der Waals surface area contributed by atoms with Crippen LogP contribution in [0.3, 0.4) is 0 Å². The Kier molecular flexibility index (Phi) is 9.43. The fraction of sp³-hybridized carbons (Fsp3) is 0.708. The van der Waals surface area contributed by atoms with Crippen LogP contribution in [0, 0.1) is 12.7 Å². The second kappa shape index (κ2) is 11.8. The van der Waals surface area contributed by atoms with Gasteiger partial charge in [-0.1, -0.05) is 0 Å². The van der Waals surface area contributed by atoms with Crippen LogP contribution in [0.5, 0.6) is 0 Å². The lowest BCUT2D eigenvalue weighted by molar-refractivity contribution is -0.0164. The smallest absolute Gasteiger partial charge is 0.191 e. The van der Waals surface area contributed by atoms with Crippen molar-refractivity contribution in [2.45, 2.75) is 57.0 Å². The number of halogens is 2. The summed E-state index contributed by atoms with van der Waals surface area (Å²) < 4.78 is 19.2. The number of rotatable bonds is 5. The summed E-state index contributed by atoms with van der Waals surface area (Å²) >= 11 is 0. The Hall–Kier alpha value is -1.13. The number of piperidine rings is 1. The summed E-state index contributed by atoms with van der Waals surface area (Å²) in [6.07, 6.45) is 6.99. The SMILES string of the molecule is CN=C(NCC1(N2CCCC2)CCOCC1)NC1CCCN(c2ccc(F)cc2C)C1.I. The van der Waals surface area contributed by atoms with Gasteiger partial charge in [0, 0.05) is 57.2 Å². The quantitative estimate of drug-likeness (QED) is 0.329. The summed E-state index contributed by atoms with van der Waals surface area (Å²) in [5.41, 5.74) is 2.30. The average molecular weight is 560 g/mol. The van der Waals surface area contributed by atoms with Gasteiger partial charge >= 0.3 is 0 Å². The van der Waals surface area contributed by atoms with Gasteiger partial charge in [-0.2, -0.15) is 0 Å². The fourth-order valence-electron chi connectivity index (χ4n) is 5.47. The average Bonchev–Trinajstić information content (AvgIpc) is 3.33. The first-order valence-corrected chi connectivity index (χ1v) is 11.9. The van der Waals surface area contributed by atoms with Crippen LogP contribution in [0.4, 0.5) is 10.1 Å². The molecule has 3 fully saturated rings. The van der Waals surface area contributed by atoms with Gasteiger partial charge < -0.3 is 20.3 Å². The maximum absolute atomic E-state index is 13.5. The molecule has 0 bridgehead atoms. The van der Waals surface area contributed by atoms with Crippen LogP contribution in [0.2, 0.25) is 0 Å². The predicted molar refractivity (Wildman–Crippen MR) is 140 cm³/mol. The number of aliphatic imine (C=N–C) groups is 1. The highest BCUT2D eigenvalue weighted by Gasteiger charge is 2.39. The van der Waals surface area contributed by atoms with Gasteiger partial charge in [-0.15, -0.1) is 24.0 Å². The molecule has 3 aliphatic heterocycles. The minimum absolute atomic E-state index is 0. The van der Waals surface area contributed by atoms with Crippen molar-refractivity contribution in [1.82, 2.24) is 15.5 Å². The summed E-state index contributed by atoms with van der Waals surface area (Å²) in [7, 11) is 1.85. The Morgan fingerprint density at radius 3 is 2.62 bits per heavy atom. The maximum atomic E-state index is 13.5. The zero-order chi connectivity index (χ0) is 21.7. The zero-order valence-corrected chi connectivity index (χ0v) is 21.9. The molecule has 0 radical (unpaired) electrons. The number of likely N-dealkylation sites (tertiary alicyclic amines) is 1. The van der Waals surface area contributed by atoms with Crippen LogP contribution < -0.4 is 15.5 Å². The zero-order valence-electron chi connectivity index (χ0n) is 19.5. The number of benzene rings is 1. The first-order chi connectivity index (χ1) is 15.1. The van der Waals surface area contributed by atoms with Gasteiger partial charge in [0.25, 0.3) is 0 Å². The highest BCUT2D eigenvalue weighted by atomic mass is 127. The van der Waals surface area contributed by atoms with E-state index in [1.54, 1.807) is 12.1 Å². The topological polar surface area (TPSA) is 52.1 Å². The number of hydrogen-bond acceptors (Lipinski definition) is 4. The molecule has 0 saturated carbocycles. The Labute approximate surface area is 209 Å². The summed E-state index contributed by atoms with van der Waals surface area (Å²) in [4.78, 5) is 9.57. The van der Waals surface area contributed by atoms with Crippen LogP contribution in [-0.4, -0.2) is 75.4 Å². The molecule has 8 heteroatoms. The molecule has 32 heavy (non-hydrogen) atoms. The minimum Gasteiger partial charge on any atom is -0.381 e. The number of hydrogen-bond donors (Lipinski definition) is 2. The van der Waals surface area contributed by atoms with E-state index < -0.39 is 0 Å². The lowest BCUT2D eigenvalue weighted by Crippen LogP contribution is -2.60. The first-order valence-electron chi connectivity index (χ1n) is 11.9. The Morgan fingerprint density at radius 2 is 1.94 bits per heavy atom. The largest absolute Gasteiger partial charge is 0.381 e. The Balaban J connectivity index is 0.00000289. The standard InChI is InChI=1S/C24H38FN5O.HI/c1-19-16-20(25)7-8-22(19)29-11-5-6-21(17-29)28-23(26-2)27-18-24(9-14-31-15-10-24)30-12-3-4-13-30;/h7-8,16,21H,3-6,9-15,17-18H2,1-2H3,(H2,26,27,28);1H. The lowest BCUT2D eigenvalue weighted by Gasteiger charge is -2.45. The van der Waals surface area contributed by atoms with Gasteiger partial charge in [0.15, 0.2) is 5.96 Å². The highest BCUT2D eigenvalue weighted by molar-refractivity contribution is 14.0. The number of aryl methyl sites for hydroxylation is 1. The molecular formula is C24H39FIN5O. The molecule has 180 valence electrons. The fourth-order valence-corrected chi connectivity index (χ4v) is 5.47. The van der Waals surface area contributed by atoms with Gasteiger partial charge in [-0.25, -0.2) is 4.39 Å². The Morgan fingerprint density at radius 1 is 1.19 bits per heavy atom. The molecule has 0 aromatic heterocycles. The van der Waals surface area contributed by atoms with E-state index in [0.29, 0.717) is 6.04 Å². The molecular weight excluding hydrogens is 520 g/mol. The van der Waals surface area contributed by atoms with Gasteiger partial charge in [0.1, 0.15) is 5.82 Å². The molecule has 1 aromatic rings. The van der Waals surface area contributed by atoms with Crippen molar-refractivity contribution in [3.05, 3.63) is 29.6 Å².